The Balaban J connectivity index is 3.19. The van der Waals surface area contributed by atoms with Crippen LogP contribution in [-0.4, -0.2) is 12.1 Å². The standard InChI is InChI=1S/C9H7F4NO2/c1-4(15)6-2-5(16-9(11,12)13)3-7(10)8(6)14/h2-3H,14H2,1H3. The molecular formula is C9H7F4NO2. The summed E-state index contributed by atoms with van der Waals surface area (Å²) in [5.74, 6) is -2.60. The van der Waals surface area contributed by atoms with E-state index in [9.17, 15) is 22.4 Å². The van der Waals surface area contributed by atoms with Gasteiger partial charge in [0.25, 0.3) is 0 Å². The van der Waals surface area contributed by atoms with E-state index in [-0.39, 0.29) is 5.56 Å². The van der Waals surface area contributed by atoms with Crippen molar-refractivity contribution in [3.05, 3.63) is 23.5 Å². The lowest BCUT2D eigenvalue weighted by Crippen LogP contribution is -2.18. The van der Waals surface area contributed by atoms with E-state index in [1.165, 1.54) is 0 Å². The Morgan fingerprint density at radius 1 is 1.38 bits per heavy atom. The maximum Gasteiger partial charge on any atom is 0.573 e. The molecule has 0 aliphatic carbocycles. The van der Waals surface area contributed by atoms with Crippen molar-refractivity contribution in [1.82, 2.24) is 0 Å². The number of rotatable bonds is 2. The molecule has 2 N–H and O–H groups in total. The fraction of sp³-hybridized carbons (Fsp3) is 0.222. The molecular weight excluding hydrogens is 230 g/mol. The molecule has 0 unspecified atom stereocenters. The minimum atomic E-state index is -4.95. The van der Waals surface area contributed by atoms with Crippen LogP contribution >= 0.6 is 0 Å². The monoisotopic (exact) mass is 237 g/mol. The number of anilines is 1. The minimum absolute atomic E-state index is 0.348. The Bertz CT molecular complexity index is 428. The van der Waals surface area contributed by atoms with Gasteiger partial charge >= 0.3 is 6.36 Å². The maximum atomic E-state index is 13.1. The Kier molecular flexibility index (Phi) is 3.06. The molecule has 3 nitrogen and oxygen atoms in total. The normalized spacial score (nSPS) is 11.3. The van der Waals surface area contributed by atoms with E-state index in [1.54, 1.807) is 0 Å². The van der Waals surface area contributed by atoms with Gasteiger partial charge in [-0.3, -0.25) is 4.79 Å². The summed E-state index contributed by atoms with van der Waals surface area (Å²) < 4.78 is 52.1. The Morgan fingerprint density at radius 2 is 1.94 bits per heavy atom. The van der Waals surface area contributed by atoms with Crippen molar-refractivity contribution in [2.45, 2.75) is 13.3 Å². The first-order valence-electron chi connectivity index (χ1n) is 4.06. The van der Waals surface area contributed by atoms with Gasteiger partial charge in [-0.05, 0) is 13.0 Å². The highest BCUT2D eigenvalue weighted by molar-refractivity contribution is 5.99. The van der Waals surface area contributed by atoms with E-state index in [2.05, 4.69) is 4.74 Å². The van der Waals surface area contributed by atoms with E-state index in [4.69, 9.17) is 5.73 Å². The molecule has 0 spiro atoms. The van der Waals surface area contributed by atoms with Crippen molar-refractivity contribution in [3.63, 3.8) is 0 Å². The number of ether oxygens (including phenoxy) is 1. The summed E-state index contributed by atoms with van der Waals surface area (Å²) in [6.07, 6.45) is -4.95. The summed E-state index contributed by atoms with van der Waals surface area (Å²) in [4.78, 5) is 11.0. The number of carbonyl (C=O) groups is 1. The van der Waals surface area contributed by atoms with E-state index >= 15 is 0 Å². The Hall–Kier alpha value is -1.79. The molecule has 16 heavy (non-hydrogen) atoms. The van der Waals surface area contributed by atoms with Crippen LogP contribution in [0.4, 0.5) is 23.2 Å². The SMILES string of the molecule is CC(=O)c1cc(OC(F)(F)F)cc(F)c1N. The van der Waals surface area contributed by atoms with Crippen LogP contribution in [0.5, 0.6) is 5.75 Å². The zero-order chi connectivity index (χ0) is 12.5. The van der Waals surface area contributed by atoms with Gasteiger partial charge in [0, 0.05) is 11.6 Å². The first kappa shape index (κ1) is 12.3. The molecule has 1 aromatic rings. The Labute approximate surface area is 87.8 Å². The summed E-state index contributed by atoms with van der Waals surface area (Å²) in [6.45, 7) is 1.06. The largest absolute Gasteiger partial charge is 0.573 e. The van der Waals surface area contributed by atoms with E-state index in [0.717, 1.165) is 13.0 Å². The van der Waals surface area contributed by atoms with E-state index < -0.39 is 29.4 Å². The highest BCUT2D eigenvalue weighted by atomic mass is 19.4. The lowest BCUT2D eigenvalue weighted by Gasteiger charge is -2.11. The number of alkyl halides is 3. The van der Waals surface area contributed by atoms with Gasteiger partial charge in [0.2, 0.25) is 0 Å². The second-order valence-electron chi connectivity index (χ2n) is 2.97. The number of Topliss-reactive ketones (excluding diaryl/α,β-unsaturated/α-hetero) is 1. The second kappa shape index (κ2) is 3.99. The van der Waals surface area contributed by atoms with Crippen LogP contribution in [-0.2, 0) is 0 Å². The predicted molar refractivity (Wildman–Crippen MR) is 47.5 cm³/mol. The molecule has 0 bridgehead atoms. The summed E-state index contributed by atoms with van der Waals surface area (Å²) in [5, 5.41) is 0. The molecule has 88 valence electrons. The zero-order valence-corrected chi connectivity index (χ0v) is 8.06. The first-order valence-corrected chi connectivity index (χ1v) is 4.06. The highest BCUT2D eigenvalue weighted by Crippen LogP contribution is 2.28. The summed E-state index contributed by atoms with van der Waals surface area (Å²) in [7, 11) is 0. The number of nitrogens with two attached hydrogens (primary N) is 1. The average molecular weight is 237 g/mol. The second-order valence-corrected chi connectivity index (χ2v) is 2.97. The fourth-order valence-electron chi connectivity index (χ4n) is 1.08. The molecule has 1 aromatic carbocycles. The van der Waals surface area contributed by atoms with Gasteiger partial charge in [-0.25, -0.2) is 4.39 Å². The van der Waals surface area contributed by atoms with Crippen molar-refractivity contribution in [3.8, 4) is 5.75 Å². The van der Waals surface area contributed by atoms with Gasteiger partial charge in [0.1, 0.15) is 5.75 Å². The number of benzene rings is 1. The van der Waals surface area contributed by atoms with Gasteiger partial charge < -0.3 is 10.5 Å². The quantitative estimate of drug-likeness (QED) is 0.488. The lowest BCUT2D eigenvalue weighted by molar-refractivity contribution is -0.274. The molecule has 0 aromatic heterocycles. The molecule has 0 aliphatic rings. The number of nitrogen functional groups attached to an aromatic ring is 1. The van der Waals surface area contributed by atoms with Crippen LogP contribution in [0.15, 0.2) is 12.1 Å². The van der Waals surface area contributed by atoms with Crippen LogP contribution in [0.2, 0.25) is 0 Å². The van der Waals surface area contributed by atoms with Crippen LogP contribution in [0, 0.1) is 5.82 Å². The molecule has 0 atom stereocenters. The molecule has 0 saturated carbocycles. The first-order chi connectivity index (χ1) is 7.20. The third-order valence-electron chi connectivity index (χ3n) is 1.72. The van der Waals surface area contributed by atoms with Gasteiger partial charge in [-0.2, -0.15) is 0 Å². The van der Waals surface area contributed by atoms with Gasteiger partial charge in [-0.15, -0.1) is 13.2 Å². The van der Waals surface area contributed by atoms with Crippen molar-refractivity contribution < 1.29 is 27.1 Å². The molecule has 0 fully saturated rings. The zero-order valence-electron chi connectivity index (χ0n) is 8.06. The van der Waals surface area contributed by atoms with Gasteiger partial charge in [0.15, 0.2) is 11.6 Å². The van der Waals surface area contributed by atoms with Crippen LogP contribution in [0.1, 0.15) is 17.3 Å². The summed E-state index contributed by atoms with van der Waals surface area (Å²) >= 11 is 0. The van der Waals surface area contributed by atoms with Crippen molar-refractivity contribution >= 4 is 11.5 Å². The summed E-state index contributed by atoms with van der Waals surface area (Å²) in [6, 6.07) is 1.21. The molecule has 0 aliphatic heterocycles. The van der Waals surface area contributed by atoms with Crippen LogP contribution in [0.3, 0.4) is 0 Å². The molecule has 0 heterocycles. The predicted octanol–water partition coefficient (Wildman–Crippen LogP) is 2.51. The van der Waals surface area contributed by atoms with Crippen molar-refractivity contribution in [2.75, 3.05) is 5.73 Å². The highest BCUT2D eigenvalue weighted by Gasteiger charge is 2.31. The Morgan fingerprint density at radius 3 is 2.38 bits per heavy atom. The maximum absolute atomic E-state index is 13.1. The number of carbonyl (C=O) groups excluding carboxylic acids is 1. The number of ketones is 1. The number of hydrogen-bond acceptors (Lipinski definition) is 3. The molecule has 0 radical (unpaired) electrons. The van der Waals surface area contributed by atoms with E-state index in [1.807, 2.05) is 0 Å². The van der Waals surface area contributed by atoms with Gasteiger partial charge in [-0.1, -0.05) is 0 Å². The molecule has 7 heteroatoms. The topological polar surface area (TPSA) is 52.3 Å². The number of hydrogen-bond donors (Lipinski definition) is 1. The van der Waals surface area contributed by atoms with Crippen molar-refractivity contribution in [2.24, 2.45) is 0 Å². The van der Waals surface area contributed by atoms with Crippen LogP contribution in [0.25, 0.3) is 0 Å². The molecule has 0 amide bonds. The molecule has 1 rings (SSSR count). The minimum Gasteiger partial charge on any atom is -0.406 e. The van der Waals surface area contributed by atoms with Crippen molar-refractivity contribution in [1.29, 1.82) is 0 Å². The van der Waals surface area contributed by atoms with E-state index in [0.29, 0.717) is 6.07 Å². The lowest BCUT2D eigenvalue weighted by atomic mass is 10.1. The molecule has 0 saturated heterocycles. The fourth-order valence-corrected chi connectivity index (χ4v) is 1.08. The number of halogens is 4. The van der Waals surface area contributed by atoms with Crippen LogP contribution < -0.4 is 10.5 Å². The smallest absolute Gasteiger partial charge is 0.406 e. The third-order valence-corrected chi connectivity index (χ3v) is 1.72. The third kappa shape index (κ3) is 2.85. The average Bonchev–Trinajstić information content (AvgIpc) is 2.07. The van der Waals surface area contributed by atoms with Gasteiger partial charge in [0.05, 0.1) is 5.69 Å². The summed E-state index contributed by atoms with van der Waals surface area (Å²) in [5.41, 5.74) is 4.34.